The Morgan fingerprint density at radius 1 is 0.686 bits per heavy atom. The van der Waals surface area contributed by atoms with Gasteiger partial charge in [-0.15, -0.1) is 0 Å². The molecule has 5 rings (SSSR count). The van der Waals surface area contributed by atoms with Crippen LogP contribution in [-0.2, 0) is 0 Å². The zero-order chi connectivity index (χ0) is 24.4. The molecule has 0 bridgehead atoms. The molecule has 4 aromatic rings. The van der Waals surface area contributed by atoms with E-state index in [1.165, 1.54) is 0 Å². The monoisotopic (exact) mass is 524 g/mol. The molecule has 2 atom stereocenters. The summed E-state index contributed by atoms with van der Waals surface area (Å²) < 4.78 is 7.23. The minimum absolute atomic E-state index is 0.279. The first-order chi connectivity index (χ1) is 17.0. The fraction of sp³-hybridized carbons (Fsp3) is 0.100. The predicted molar refractivity (Wildman–Crippen MR) is 137 cm³/mol. The number of fused-ring (bicyclic) bond motifs is 1. The first-order valence-electron chi connectivity index (χ1n) is 11.3. The zero-order valence-electron chi connectivity index (χ0n) is 18.6. The van der Waals surface area contributed by atoms with Gasteiger partial charge in [-0.2, -0.15) is 0 Å². The number of hydrogen-bond donors (Lipinski definition) is 0. The molecule has 4 nitrogen and oxygen atoms in total. The van der Waals surface area contributed by atoms with Gasteiger partial charge in [0.25, 0.3) is 0 Å². The molecule has 0 aromatic heterocycles. The van der Waals surface area contributed by atoms with Crippen LogP contribution >= 0.6 is 15.9 Å². The molecule has 1 heterocycles. The van der Waals surface area contributed by atoms with Gasteiger partial charge >= 0.3 is 0 Å². The van der Waals surface area contributed by atoms with Crippen LogP contribution in [0.15, 0.2) is 114 Å². The van der Waals surface area contributed by atoms with Gasteiger partial charge < -0.3 is 4.74 Å². The topological polar surface area (TPSA) is 60.4 Å². The van der Waals surface area contributed by atoms with E-state index in [1.807, 2.05) is 24.3 Å². The lowest BCUT2D eigenvalue weighted by Gasteiger charge is -2.36. The summed E-state index contributed by atoms with van der Waals surface area (Å²) in [6.07, 6.45) is -0.809. The Morgan fingerprint density at radius 3 is 1.77 bits per heavy atom. The molecular weight excluding hydrogens is 504 g/mol. The molecule has 172 valence electrons. The van der Waals surface area contributed by atoms with E-state index < -0.39 is 29.5 Å². The van der Waals surface area contributed by atoms with Gasteiger partial charge in [-0.25, -0.2) is 0 Å². The van der Waals surface area contributed by atoms with Crippen molar-refractivity contribution in [3.63, 3.8) is 0 Å². The Balaban J connectivity index is 1.69. The molecule has 0 saturated carbocycles. The number of para-hydroxylation sites is 1. The first-order valence-corrected chi connectivity index (χ1v) is 12.1. The van der Waals surface area contributed by atoms with Crippen LogP contribution in [0.5, 0.6) is 5.75 Å². The van der Waals surface area contributed by atoms with Crippen LogP contribution in [-0.4, -0.2) is 17.3 Å². The van der Waals surface area contributed by atoms with Crippen LogP contribution in [0, 0.1) is 11.8 Å². The zero-order valence-corrected chi connectivity index (χ0v) is 20.2. The summed E-state index contributed by atoms with van der Waals surface area (Å²) in [5, 5.41) is 0. The third-order valence-corrected chi connectivity index (χ3v) is 6.80. The Morgan fingerprint density at radius 2 is 1.20 bits per heavy atom. The summed E-state index contributed by atoms with van der Waals surface area (Å²) in [5.41, 5.74) is 1.84. The number of carbonyl (C=O) groups excluding carboxylic acids is 3. The van der Waals surface area contributed by atoms with Crippen LogP contribution < -0.4 is 4.74 Å². The fourth-order valence-corrected chi connectivity index (χ4v) is 4.83. The average molecular weight is 525 g/mol. The van der Waals surface area contributed by atoms with Gasteiger partial charge in [0.2, 0.25) is 0 Å². The molecule has 4 aromatic carbocycles. The number of Topliss-reactive ketones (excluding diaryl/α,β-unsaturated/α-hetero) is 3. The maximum Gasteiger partial charge on any atom is 0.174 e. The molecule has 35 heavy (non-hydrogen) atoms. The highest BCUT2D eigenvalue weighted by atomic mass is 79.9. The maximum absolute atomic E-state index is 14.0. The van der Waals surface area contributed by atoms with Crippen molar-refractivity contribution in [2.75, 3.05) is 0 Å². The van der Waals surface area contributed by atoms with Gasteiger partial charge in [-0.05, 0) is 29.8 Å². The molecule has 0 saturated heterocycles. The van der Waals surface area contributed by atoms with Crippen LogP contribution in [0.2, 0.25) is 0 Å². The number of ketones is 3. The average Bonchev–Trinajstić information content (AvgIpc) is 2.91. The summed E-state index contributed by atoms with van der Waals surface area (Å²) in [7, 11) is 0. The van der Waals surface area contributed by atoms with E-state index >= 15 is 0 Å². The molecule has 0 spiro atoms. The minimum atomic E-state index is -1.26. The van der Waals surface area contributed by atoms with E-state index in [4.69, 9.17) is 4.74 Å². The minimum Gasteiger partial charge on any atom is -0.484 e. The van der Waals surface area contributed by atoms with E-state index in [1.54, 1.807) is 84.9 Å². The smallest absolute Gasteiger partial charge is 0.174 e. The van der Waals surface area contributed by atoms with Crippen molar-refractivity contribution >= 4 is 33.3 Å². The SMILES string of the molecule is O=C(c1ccccc1)C(C(=O)c1ccccc1)C1C(=O)c2ccccc2OC1c1ccc(Br)cc1. The van der Waals surface area contributed by atoms with E-state index in [0.717, 1.165) is 4.47 Å². The second kappa shape index (κ2) is 9.80. The molecule has 0 N–H and O–H groups in total. The second-order valence-electron chi connectivity index (χ2n) is 8.41. The molecule has 5 heteroatoms. The highest BCUT2D eigenvalue weighted by molar-refractivity contribution is 9.10. The lowest BCUT2D eigenvalue weighted by atomic mass is 9.71. The molecular formula is C30H21BrO4. The van der Waals surface area contributed by atoms with Gasteiger partial charge in [-0.3, -0.25) is 14.4 Å². The normalized spacial score (nSPS) is 16.9. The Hall–Kier alpha value is -3.83. The van der Waals surface area contributed by atoms with Crippen molar-refractivity contribution in [2.45, 2.75) is 6.10 Å². The quantitative estimate of drug-likeness (QED) is 0.206. The van der Waals surface area contributed by atoms with E-state index in [2.05, 4.69) is 15.9 Å². The number of ether oxygens (including phenoxy) is 1. The lowest BCUT2D eigenvalue weighted by Crippen LogP contribution is -2.43. The predicted octanol–water partition coefficient (Wildman–Crippen LogP) is 6.76. The number of benzene rings is 4. The van der Waals surface area contributed by atoms with Crippen LogP contribution in [0.4, 0.5) is 0 Å². The Labute approximate surface area is 211 Å². The molecule has 0 fully saturated rings. The van der Waals surface area contributed by atoms with Crippen molar-refractivity contribution in [1.82, 2.24) is 0 Å². The molecule has 1 aliphatic rings. The highest BCUT2D eigenvalue weighted by Crippen LogP contribution is 2.44. The molecule has 0 amide bonds. The number of hydrogen-bond acceptors (Lipinski definition) is 4. The van der Waals surface area contributed by atoms with Crippen LogP contribution in [0.25, 0.3) is 0 Å². The Bertz CT molecular complexity index is 1330. The summed E-state index contributed by atoms with van der Waals surface area (Å²) in [5.74, 6) is -2.93. The van der Waals surface area contributed by atoms with Crippen molar-refractivity contribution in [1.29, 1.82) is 0 Å². The van der Waals surface area contributed by atoms with Gasteiger partial charge in [-0.1, -0.05) is 101 Å². The van der Waals surface area contributed by atoms with Gasteiger partial charge in [0.15, 0.2) is 17.3 Å². The first kappa shape index (κ1) is 22.9. The fourth-order valence-electron chi connectivity index (χ4n) is 4.56. The van der Waals surface area contributed by atoms with Crippen molar-refractivity contribution < 1.29 is 19.1 Å². The van der Waals surface area contributed by atoms with Crippen LogP contribution in [0.1, 0.15) is 42.7 Å². The largest absolute Gasteiger partial charge is 0.484 e. The van der Waals surface area contributed by atoms with Crippen molar-refractivity contribution in [2.24, 2.45) is 11.8 Å². The van der Waals surface area contributed by atoms with Gasteiger partial charge in [0.05, 0.1) is 17.4 Å². The number of rotatable bonds is 6. The molecule has 1 aliphatic heterocycles. The summed E-state index contributed by atoms with van der Waals surface area (Å²) >= 11 is 3.44. The highest BCUT2D eigenvalue weighted by Gasteiger charge is 2.48. The third-order valence-electron chi connectivity index (χ3n) is 6.27. The number of halogens is 1. The van der Waals surface area contributed by atoms with Gasteiger partial charge in [0, 0.05) is 15.6 Å². The summed E-state index contributed by atoms with van der Waals surface area (Å²) in [6, 6.07) is 31.7. The van der Waals surface area contributed by atoms with Crippen molar-refractivity contribution in [3.8, 4) is 5.75 Å². The second-order valence-corrected chi connectivity index (χ2v) is 9.33. The third kappa shape index (κ3) is 4.47. The lowest BCUT2D eigenvalue weighted by molar-refractivity contribution is 0.0428. The van der Waals surface area contributed by atoms with E-state index in [9.17, 15) is 14.4 Å². The summed E-state index contributed by atoms with van der Waals surface area (Å²) in [4.78, 5) is 41.8. The maximum atomic E-state index is 14.0. The molecule has 0 radical (unpaired) electrons. The van der Waals surface area contributed by atoms with Crippen LogP contribution in [0.3, 0.4) is 0 Å². The Kier molecular flexibility index (Phi) is 6.43. The number of carbonyl (C=O) groups is 3. The van der Waals surface area contributed by atoms with E-state index in [0.29, 0.717) is 28.0 Å². The van der Waals surface area contributed by atoms with Crippen molar-refractivity contribution in [3.05, 3.63) is 136 Å². The standard InChI is InChI=1S/C30H21BrO4/c31-22-17-15-21(16-18-22)30-26(29(34)23-13-7-8-14-24(23)35-30)25(27(32)19-9-3-1-4-10-19)28(33)20-11-5-2-6-12-20/h1-18,25-26,30H. The van der Waals surface area contributed by atoms with E-state index in [-0.39, 0.29) is 5.78 Å². The molecule has 2 unspecified atom stereocenters. The van der Waals surface area contributed by atoms with Gasteiger partial charge in [0.1, 0.15) is 11.9 Å². The summed E-state index contributed by atoms with van der Waals surface area (Å²) in [6.45, 7) is 0. The molecule has 0 aliphatic carbocycles.